The SMILES string of the molecule is O=C1COC2(COCCN(CCO)C2)CN1c1cncnc1. The summed E-state index contributed by atoms with van der Waals surface area (Å²) in [5, 5.41) is 9.16. The van der Waals surface area contributed by atoms with Crippen molar-refractivity contribution >= 4 is 11.6 Å². The molecule has 0 aliphatic carbocycles. The van der Waals surface area contributed by atoms with E-state index >= 15 is 0 Å². The van der Waals surface area contributed by atoms with Gasteiger partial charge in [0.1, 0.15) is 18.5 Å². The highest BCUT2D eigenvalue weighted by molar-refractivity contribution is 5.94. The summed E-state index contributed by atoms with van der Waals surface area (Å²) in [6, 6.07) is 0. The maximum Gasteiger partial charge on any atom is 0.253 e. The van der Waals surface area contributed by atoms with Gasteiger partial charge in [0, 0.05) is 19.6 Å². The number of aliphatic hydroxyl groups is 1. The number of anilines is 1. The second-order valence-corrected chi connectivity index (χ2v) is 5.60. The molecule has 2 aliphatic rings. The standard InChI is InChI=1S/C14H20N4O4/c19-3-1-17-2-4-21-10-14(8-17)9-18(13(20)7-22-14)12-5-15-11-16-6-12/h5-6,11,19H,1-4,7-10H2. The number of β-amino-alcohol motifs (C(OH)–C–C–N with tert-alkyl or cyclic N) is 1. The number of amides is 1. The number of carbonyl (C=O) groups excluding carboxylic acids is 1. The largest absolute Gasteiger partial charge is 0.395 e. The van der Waals surface area contributed by atoms with Crippen LogP contribution < -0.4 is 4.90 Å². The van der Waals surface area contributed by atoms with Gasteiger partial charge in [-0.15, -0.1) is 0 Å². The molecule has 0 saturated carbocycles. The van der Waals surface area contributed by atoms with Crippen LogP contribution in [0.25, 0.3) is 0 Å². The molecule has 1 aromatic heterocycles. The van der Waals surface area contributed by atoms with E-state index in [0.29, 0.717) is 38.5 Å². The summed E-state index contributed by atoms with van der Waals surface area (Å²) in [6.45, 7) is 3.42. The van der Waals surface area contributed by atoms with Crippen LogP contribution in [-0.4, -0.2) is 84.1 Å². The smallest absolute Gasteiger partial charge is 0.253 e. The van der Waals surface area contributed by atoms with Gasteiger partial charge in [-0.25, -0.2) is 9.97 Å². The molecule has 1 aromatic rings. The molecule has 3 heterocycles. The molecule has 1 atom stereocenters. The van der Waals surface area contributed by atoms with E-state index in [2.05, 4.69) is 14.9 Å². The molecule has 0 radical (unpaired) electrons. The predicted molar refractivity (Wildman–Crippen MR) is 77.4 cm³/mol. The van der Waals surface area contributed by atoms with E-state index in [-0.39, 0.29) is 19.1 Å². The van der Waals surface area contributed by atoms with Gasteiger partial charge in [0.2, 0.25) is 0 Å². The third-order valence-electron chi connectivity index (χ3n) is 3.95. The van der Waals surface area contributed by atoms with E-state index in [1.165, 1.54) is 6.33 Å². The summed E-state index contributed by atoms with van der Waals surface area (Å²) < 4.78 is 11.5. The molecule has 2 saturated heterocycles. The fourth-order valence-corrected chi connectivity index (χ4v) is 2.88. The van der Waals surface area contributed by atoms with Gasteiger partial charge in [-0.05, 0) is 0 Å². The third-order valence-corrected chi connectivity index (χ3v) is 3.95. The monoisotopic (exact) mass is 308 g/mol. The number of hydrogen-bond acceptors (Lipinski definition) is 7. The summed E-state index contributed by atoms with van der Waals surface area (Å²) in [5.74, 6) is -0.113. The van der Waals surface area contributed by atoms with E-state index in [4.69, 9.17) is 14.6 Å². The number of aromatic nitrogens is 2. The lowest BCUT2D eigenvalue weighted by atomic mass is 10.0. The van der Waals surface area contributed by atoms with Crippen molar-refractivity contribution in [3.63, 3.8) is 0 Å². The van der Waals surface area contributed by atoms with Crippen molar-refractivity contribution in [2.24, 2.45) is 0 Å². The maximum absolute atomic E-state index is 12.2. The first-order chi connectivity index (χ1) is 10.7. The Labute approximate surface area is 128 Å². The highest BCUT2D eigenvalue weighted by atomic mass is 16.6. The molecule has 1 unspecified atom stereocenters. The van der Waals surface area contributed by atoms with Gasteiger partial charge in [0.15, 0.2) is 0 Å². The van der Waals surface area contributed by atoms with Crippen LogP contribution in [-0.2, 0) is 14.3 Å². The van der Waals surface area contributed by atoms with Gasteiger partial charge in [0.05, 0.1) is 44.4 Å². The summed E-state index contributed by atoms with van der Waals surface area (Å²) in [5.41, 5.74) is 0.0724. The van der Waals surface area contributed by atoms with Crippen molar-refractivity contribution in [1.29, 1.82) is 0 Å². The first-order valence-corrected chi connectivity index (χ1v) is 7.33. The van der Waals surface area contributed by atoms with Crippen LogP contribution in [0.4, 0.5) is 5.69 Å². The number of aliphatic hydroxyl groups excluding tert-OH is 1. The summed E-state index contributed by atoms with van der Waals surface area (Å²) in [4.78, 5) is 23.9. The molecule has 22 heavy (non-hydrogen) atoms. The minimum atomic E-state index is -0.588. The summed E-state index contributed by atoms with van der Waals surface area (Å²) in [6.07, 6.45) is 4.67. The van der Waals surface area contributed by atoms with Crippen LogP contribution in [0.2, 0.25) is 0 Å². The fourth-order valence-electron chi connectivity index (χ4n) is 2.88. The topological polar surface area (TPSA) is 88.0 Å². The van der Waals surface area contributed by atoms with E-state index < -0.39 is 5.60 Å². The first kappa shape index (κ1) is 15.3. The van der Waals surface area contributed by atoms with Gasteiger partial charge in [-0.2, -0.15) is 0 Å². The average Bonchev–Trinajstić information content (AvgIpc) is 2.74. The van der Waals surface area contributed by atoms with Crippen molar-refractivity contribution < 1.29 is 19.4 Å². The van der Waals surface area contributed by atoms with Crippen LogP contribution in [0.1, 0.15) is 0 Å². The lowest BCUT2D eigenvalue weighted by Crippen LogP contribution is -2.61. The summed E-state index contributed by atoms with van der Waals surface area (Å²) in [7, 11) is 0. The lowest BCUT2D eigenvalue weighted by Gasteiger charge is -2.42. The lowest BCUT2D eigenvalue weighted by molar-refractivity contribution is -0.146. The molecule has 1 spiro atoms. The van der Waals surface area contributed by atoms with Crippen LogP contribution in [0.3, 0.4) is 0 Å². The zero-order chi connectivity index (χ0) is 15.4. The van der Waals surface area contributed by atoms with Crippen LogP contribution >= 0.6 is 0 Å². The predicted octanol–water partition coefficient (Wildman–Crippen LogP) is -1.10. The van der Waals surface area contributed by atoms with Crippen LogP contribution in [0.15, 0.2) is 18.7 Å². The molecule has 0 bridgehead atoms. The minimum Gasteiger partial charge on any atom is -0.395 e. The Hall–Kier alpha value is -1.61. The Morgan fingerprint density at radius 3 is 2.91 bits per heavy atom. The molecule has 2 aliphatic heterocycles. The van der Waals surface area contributed by atoms with Crippen molar-refractivity contribution in [1.82, 2.24) is 14.9 Å². The van der Waals surface area contributed by atoms with E-state index in [1.807, 2.05) is 0 Å². The van der Waals surface area contributed by atoms with Gasteiger partial charge in [0.25, 0.3) is 5.91 Å². The molecule has 8 nitrogen and oxygen atoms in total. The zero-order valence-corrected chi connectivity index (χ0v) is 12.3. The maximum atomic E-state index is 12.2. The number of carbonyl (C=O) groups is 1. The number of morpholine rings is 1. The fraction of sp³-hybridized carbons (Fsp3) is 0.643. The molecular formula is C14H20N4O4. The van der Waals surface area contributed by atoms with Crippen LogP contribution in [0, 0.1) is 0 Å². The molecule has 2 fully saturated rings. The molecular weight excluding hydrogens is 288 g/mol. The Bertz CT molecular complexity index is 515. The van der Waals surface area contributed by atoms with E-state index in [0.717, 1.165) is 6.54 Å². The number of hydrogen-bond donors (Lipinski definition) is 1. The Balaban J connectivity index is 1.80. The van der Waals surface area contributed by atoms with E-state index in [1.54, 1.807) is 17.3 Å². The molecule has 0 aromatic carbocycles. The molecule has 8 heteroatoms. The van der Waals surface area contributed by atoms with Gasteiger partial charge in [-0.1, -0.05) is 0 Å². The number of ether oxygens (including phenoxy) is 2. The minimum absolute atomic E-state index is 0.00518. The normalized spacial score (nSPS) is 27.1. The Kier molecular flexibility index (Phi) is 4.63. The molecule has 1 amide bonds. The van der Waals surface area contributed by atoms with Crippen molar-refractivity contribution in [3.8, 4) is 0 Å². The first-order valence-electron chi connectivity index (χ1n) is 7.33. The second kappa shape index (κ2) is 6.66. The average molecular weight is 308 g/mol. The molecule has 1 N–H and O–H groups in total. The Morgan fingerprint density at radius 2 is 2.14 bits per heavy atom. The van der Waals surface area contributed by atoms with Crippen LogP contribution in [0.5, 0.6) is 0 Å². The molecule has 120 valence electrons. The number of rotatable bonds is 3. The highest BCUT2D eigenvalue weighted by Gasteiger charge is 2.43. The van der Waals surface area contributed by atoms with Crippen molar-refractivity contribution in [2.45, 2.75) is 5.60 Å². The highest BCUT2D eigenvalue weighted by Crippen LogP contribution is 2.26. The molecule has 3 rings (SSSR count). The van der Waals surface area contributed by atoms with Gasteiger partial charge < -0.3 is 19.5 Å². The number of nitrogens with zero attached hydrogens (tertiary/aromatic N) is 4. The quantitative estimate of drug-likeness (QED) is 0.758. The second-order valence-electron chi connectivity index (χ2n) is 5.60. The Morgan fingerprint density at radius 1 is 1.32 bits per heavy atom. The van der Waals surface area contributed by atoms with Gasteiger partial charge in [-0.3, -0.25) is 9.69 Å². The zero-order valence-electron chi connectivity index (χ0n) is 12.3. The van der Waals surface area contributed by atoms with Gasteiger partial charge >= 0.3 is 0 Å². The summed E-state index contributed by atoms with van der Waals surface area (Å²) >= 11 is 0. The van der Waals surface area contributed by atoms with E-state index in [9.17, 15) is 4.79 Å². The van der Waals surface area contributed by atoms with Crippen molar-refractivity contribution in [3.05, 3.63) is 18.7 Å². The van der Waals surface area contributed by atoms with Crippen molar-refractivity contribution in [2.75, 3.05) is 57.5 Å². The third kappa shape index (κ3) is 3.25.